The largest absolute Gasteiger partial charge is 0.506 e. The summed E-state index contributed by atoms with van der Waals surface area (Å²) in [6.07, 6.45) is -0.813. The monoisotopic (exact) mass is 346 g/mol. The molecular weight excluding hydrogens is 335 g/mol. The molecule has 1 atom stereocenters. The average Bonchev–Trinajstić information content (AvgIpc) is 2.33. The summed E-state index contributed by atoms with van der Waals surface area (Å²) in [7, 11) is 0. The minimum absolute atomic E-state index is 0.0000661. The van der Waals surface area contributed by atoms with Gasteiger partial charge in [-0.05, 0) is 17.7 Å². The number of hydrogen-bond donors (Lipinski definition) is 3. The molecule has 2 aromatic rings. The maximum atomic E-state index is 11.5. The highest BCUT2D eigenvalue weighted by Crippen LogP contribution is 2.30. The quantitative estimate of drug-likeness (QED) is 0.705. The van der Waals surface area contributed by atoms with Gasteiger partial charge in [-0.3, -0.25) is 4.79 Å². The number of aliphatic hydroxyl groups is 1. The number of halogens is 1. The van der Waals surface area contributed by atoms with Crippen LogP contribution in [-0.2, 0) is 0 Å². The van der Waals surface area contributed by atoms with Crippen molar-refractivity contribution in [1.29, 1.82) is 0 Å². The van der Waals surface area contributed by atoms with Crippen LogP contribution in [0, 0.1) is 0 Å². The zero-order valence-corrected chi connectivity index (χ0v) is 11.0. The summed E-state index contributed by atoms with van der Waals surface area (Å²) < 4.78 is 1.31. The number of nitrogens with zero attached hydrogens (tertiary/aromatic N) is 1. The van der Waals surface area contributed by atoms with Gasteiger partial charge in [0.2, 0.25) is 0 Å². The maximum Gasteiger partial charge on any atom is 0.260 e. The van der Waals surface area contributed by atoms with Crippen LogP contribution >= 0.6 is 22.9 Å². The number of hydrogen-bond acceptors (Lipinski definition) is 4. The third kappa shape index (κ3) is 2.03. The van der Waals surface area contributed by atoms with Gasteiger partial charge in [0.1, 0.15) is 11.3 Å². The van der Waals surface area contributed by atoms with Crippen LogP contribution in [0.5, 0.6) is 5.75 Å². The molecular formula is C11H11IN2O3. The van der Waals surface area contributed by atoms with E-state index in [1.165, 1.54) is 14.9 Å². The second-order valence-corrected chi connectivity index (χ2v) is 4.60. The fraction of sp³-hybridized carbons (Fsp3) is 0.182. The Morgan fingerprint density at radius 2 is 2.06 bits per heavy atom. The van der Waals surface area contributed by atoms with Crippen molar-refractivity contribution in [3.05, 3.63) is 40.2 Å². The molecule has 0 radical (unpaired) electrons. The number of pyridine rings is 1. The second kappa shape index (κ2) is 4.63. The van der Waals surface area contributed by atoms with Gasteiger partial charge < -0.3 is 15.9 Å². The lowest BCUT2D eigenvalue weighted by Crippen LogP contribution is -2.14. The zero-order chi connectivity index (χ0) is 12.6. The first-order valence-corrected chi connectivity index (χ1v) is 5.94. The molecule has 90 valence electrons. The first-order valence-electron chi connectivity index (χ1n) is 4.98. The molecule has 4 N–H and O–H groups in total. The Labute approximate surface area is 111 Å². The molecule has 0 bridgehead atoms. The van der Waals surface area contributed by atoms with Crippen molar-refractivity contribution in [2.24, 2.45) is 5.73 Å². The Balaban J connectivity index is 2.88. The van der Waals surface area contributed by atoms with Crippen LogP contribution in [0.3, 0.4) is 0 Å². The van der Waals surface area contributed by atoms with Gasteiger partial charge >= 0.3 is 0 Å². The number of aromatic hydroxyl groups is 1. The molecule has 5 nitrogen and oxygen atoms in total. The molecule has 0 saturated carbocycles. The number of nitrogens with two attached hydrogens (primary N) is 1. The molecule has 0 aliphatic heterocycles. The van der Waals surface area contributed by atoms with Gasteiger partial charge in [0, 0.05) is 18.0 Å². The Hall–Kier alpha value is -1.12. The van der Waals surface area contributed by atoms with Crippen molar-refractivity contribution in [3.8, 4) is 5.75 Å². The van der Waals surface area contributed by atoms with Crippen LogP contribution in [0.4, 0.5) is 0 Å². The SMILES string of the molecule is NC[C@H](O)c1ccc(O)c2c1ccc(=O)n2I. The summed E-state index contributed by atoms with van der Waals surface area (Å²) in [6.45, 7) is 0.0836. The number of aliphatic hydroxyl groups excluding tert-OH is 1. The number of phenols is 1. The van der Waals surface area contributed by atoms with Crippen LogP contribution in [0.25, 0.3) is 10.9 Å². The minimum Gasteiger partial charge on any atom is -0.506 e. The molecule has 6 heteroatoms. The van der Waals surface area contributed by atoms with E-state index >= 15 is 0 Å². The molecule has 1 aromatic heterocycles. The van der Waals surface area contributed by atoms with E-state index in [4.69, 9.17) is 5.73 Å². The van der Waals surface area contributed by atoms with Gasteiger partial charge in [0.25, 0.3) is 5.56 Å². The number of phenolic OH excluding ortho intramolecular Hbond substituents is 1. The van der Waals surface area contributed by atoms with Gasteiger partial charge in [0.15, 0.2) is 0 Å². The van der Waals surface area contributed by atoms with E-state index in [0.29, 0.717) is 16.5 Å². The average molecular weight is 346 g/mol. The predicted octanol–water partition coefficient (Wildman–Crippen LogP) is 0.897. The minimum atomic E-state index is -0.813. The summed E-state index contributed by atoms with van der Waals surface area (Å²) >= 11 is 1.81. The lowest BCUT2D eigenvalue weighted by molar-refractivity contribution is 0.188. The number of benzene rings is 1. The smallest absolute Gasteiger partial charge is 0.260 e. The van der Waals surface area contributed by atoms with Crippen molar-refractivity contribution >= 4 is 33.8 Å². The van der Waals surface area contributed by atoms with Crippen molar-refractivity contribution in [1.82, 2.24) is 2.78 Å². The summed E-state index contributed by atoms with van der Waals surface area (Å²) in [6, 6.07) is 6.03. The normalized spacial score (nSPS) is 12.9. The van der Waals surface area contributed by atoms with Gasteiger partial charge in [-0.1, -0.05) is 6.07 Å². The van der Waals surface area contributed by atoms with E-state index in [0.717, 1.165) is 0 Å². The van der Waals surface area contributed by atoms with E-state index in [-0.39, 0.29) is 17.9 Å². The van der Waals surface area contributed by atoms with Crippen LogP contribution in [0.2, 0.25) is 0 Å². The first kappa shape index (κ1) is 12.3. The molecule has 0 aliphatic rings. The molecule has 0 aliphatic carbocycles. The Bertz CT molecular complexity index is 624. The predicted molar refractivity (Wildman–Crippen MR) is 73.3 cm³/mol. The fourth-order valence-electron chi connectivity index (χ4n) is 1.74. The number of rotatable bonds is 2. The van der Waals surface area contributed by atoms with E-state index in [9.17, 15) is 15.0 Å². The van der Waals surface area contributed by atoms with Crippen molar-refractivity contribution in [3.63, 3.8) is 0 Å². The fourth-order valence-corrected chi connectivity index (χ4v) is 2.41. The molecule has 0 amide bonds. The van der Waals surface area contributed by atoms with Crippen LogP contribution in [0.1, 0.15) is 11.7 Å². The van der Waals surface area contributed by atoms with Crippen molar-refractivity contribution < 1.29 is 10.2 Å². The topological polar surface area (TPSA) is 88.5 Å². The Morgan fingerprint density at radius 1 is 1.35 bits per heavy atom. The summed E-state index contributed by atoms with van der Waals surface area (Å²) in [5.41, 5.74) is 6.18. The van der Waals surface area contributed by atoms with Gasteiger partial charge in [-0.2, -0.15) is 0 Å². The second-order valence-electron chi connectivity index (χ2n) is 3.64. The number of fused-ring (bicyclic) bond motifs is 1. The highest BCUT2D eigenvalue weighted by molar-refractivity contribution is 14.1. The van der Waals surface area contributed by atoms with E-state index in [2.05, 4.69) is 0 Å². The van der Waals surface area contributed by atoms with E-state index in [1.54, 1.807) is 12.1 Å². The van der Waals surface area contributed by atoms with E-state index in [1.807, 2.05) is 22.9 Å². The molecule has 0 fully saturated rings. The van der Waals surface area contributed by atoms with Crippen molar-refractivity contribution in [2.75, 3.05) is 6.54 Å². The van der Waals surface area contributed by atoms with Gasteiger partial charge in [-0.25, -0.2) is 2.78 Å². The van der Waals surface area contributed by atoms with Crippen LogP contribution in [-0.4, -0.2) is 19.5 Å². The van der Waals surface area contributed by atoms with Gasteiger partial charge in [0.05, 0.1) is 29.0 Å². The molecule has 0 saturated heterocycles. The molecule has 2 rings (SSSR count). The highest BCUT2D eigenvalue weighted by Gasteiger charge is 2.14. The molecule has 17 heavy (non-hydrogen) atoms. The lowest BCUT2D eigenvalue weighted by atomic mass is 10.0. The van der Waals surface area contributed by atoms with E-state index < -0.39 is 6.10 Å². The summed E-state index contributed by atoms with van der Waals surface area (Å²) in [5, 5.41) is 20.2. The highest BCUT2D eigenvalue weighted by atomic mass is 127. The van der Waals surface area contributed by atoms with Gasteiger partial charge in [-0.15, -0.1) is 0 Å². The summed E-state index contributed by atoms with van der Waals surface area (Å²) in [4.78, 5) is 11.5. The molecule has 0 unspecified atom stereocenters. The molecule has 0 spiro atoms. The van der Waals surface area contributed by atoms with Crippen molar-refractivity contribution in [2.45, 2.75) is 6.10 Å². The third-order valence-electron chi connectivity index (χ3n) is 2.59. The van der Waals surface area contributed by atoms with Crippen LogP contribution < -0.4 is 11.3 Å². The Kier molecular flexibility index (Phi) is 3.36. The zero-order valence-electron chi connectivity index (χ0n) is 8.80. The summed E-state index contributed by atoms with van der Waals surface area (Å²) in [5.74, 6) is 0.0000661. The number of aromatic nitrogens is 1. The first-order chi connectivity index (χ1) is 8.06. The third-order valence-corrected chi connectivity index (χ3v) is 3.55. The van der Waals surface area contributed by atoms with Crippen LogP contribution in [0.15, 0.2) is 29.1 Å². The maximum absolute atomic E-state index is 11.5. The lowest BCUT2D eigenvalue weighted by Gasteiger charge is -2.13. The molecule has 1 heterocycles. The Morgan fingerprint density at radius 3 is 2.71 bits per heavy atom. The molecule has 1 aromatic carbocycles. The standard InChI is InChI=1S/C11H11IN2O3/c12-14-10(17)4-2-7-6(9(16)5-13)1-3-8(15)11(7)14/h1-4,9,15-16H,5,13H2/t9-/m0/s1.